The molecule has 4 heteroatoms. The van der Waals surface area contributed by atoms with Crippen molar-refractivity contribution in [1.82, 2.24) is 4.98 Å². The molecule has 0 fully saturated rings. The third-order valence-corrected chi connectivity index (χ3v) is 3.28. The van der Waals surface area contributed by atoms with Crippen LogP contribution >= 0.6 is 11.3 Å². The van der Waals surface area contributed by atoms with Gasteiger partial charge in [-0.15, -0.1) is 11.3 Å². The van der Waals surface area contributed by atoms with Crippen molar-refractivity contribution in [3.05, 3.63) is 47.0 Å². The van der Waals surface area contributed by atoms with Crippen molar-refractivity contribution in [3.63, 3.8) is 0 Å². The molecule has 3 nitrogen and oxygen atoms in total. The van der Waals surface area contributed by atoms with E-state index in [1.54, 1.807) is 11.3 Å². The zero-order valence-corrected chi connectivity index (χ0v) is 10.1. The van der Waals surface area contributed by atoms with Gasteiger partial charge in [0.2, 0.25) is 0 Å². The molecule has 16 heavy (non-hydrogen) atoms. The van der Waals surface area contributed by atoms with E-state index in [1.165, 1.54) is 11.1 Å². The lowest BCUT2D eigenvalue weighted by atomic mass is 10.1. The van der Waals surface area contributed by atoms with Gasteiger partial charge >= 0.3 is 0 Å². The Morgan fingerprint density at radius 1 is 1.38 bits per heavy atom. The topological polar surface area (TPSA) is 42.1 Å². The molecular weight excluding hydrogens is 218 g/mol. The minimum atomic E-state index is 0.592. The predicted octanol–water partition coefficient (Wildman–Crippen LogP) is 2.24. The molecule has 2 N–H and O–H groups in total. The SMILES string of the molecule is CN(Cc1cccc(CN)c1)c1nccs1. The number of benzene rings is 1. The molecular formula is C12H15N3S. The normalized spacial score (nSPS) is 10.4. The molecule has 0 aliphatic carbocycles. The Morgan fingerprint density at radius 3 is 2.88 bits per heavy atom. The van der Waals surface area contributed by atoms with Gasteiger partial charge in [0.15, 0.2) is 5.13 Å². The predicted molar refractivity (Wildman–Crippen MR) is 68.6 cm³/mol. The highest BCUT2D eigenvalue weighted by molar-refractivity contribution is 7.13. The molecule has 2 rings (SSSR count). The Labute approximate surface area is 99.5 Å². The van der Waals surface area contributed by atoms with Crippen molar-refractivity contribution < 1.29 is 0 Å². The highest BCUT2D eigenvalue weighted by Crippen LogP contribution is 2.18. The van der Waals surface area contributed by atoms with Crippen molar-refractivity contribution in [2.75, 3.05) is 11.9 Å². The Bertz CT molecular complexity index is 439. The van der Waals surface area contributed by atoms with Crippen molar-refractivity contribution in [1.29, 1.82) is 0 Å². The average molecular weight is 233 g/mol. The maximum absolute atomic E-state index is 5.62. The second kappa shape index (κ2) is 5.09. The summed E-state index contributed by atoms with van der Waals surface area (Å²) >= 11 is 1.65. The summed E-state index contributed by atoms with van der Waals surface area (Å²) in [6.45, 7) is 1.45. The Hall–Kier alpha value is -1.39. The maximum Gasteiger partial charge on any atom is 0.185 e. The molecule has 0 spiro atoms. The van der Waals surface area contributed by atoms with Crippen LogP contribution in [0.4, 0.5) is 5.13 Å². The fourth-order valence-corrected chi connectivity index (χ4v) is 2.21. The van der Waals surface area contributed by atoms with E-state index in [4.69, 9.17) is 5.73 Å². The molecule has 0 bridgehead atoms. The van der Waals surface area contributed by atoms with Crippen LogP contribution < -0.4 is 10.6 Å². The first-order valence-corrected chi connectivity index (χ1v) is 6.06. The molecule has 0 aliphatic heterocycles. The van der Waals surface area contributed by atoms with Gasteiger partial charge in [0, 0.05) is 31.7 Å². The first-order valence-electron chi connectivity index (χ1n) is 5.18. The van der Waals surface area contributed by atoms with Gasteiger partial charge in [0.05, 0.1) is 0 Å². The summed E-state index contributed by atoms with van der Waals surface area (Å²) in [6.07, 6.45) is 1.83. The first-order chi connectivity index (χ1) is 7.79. The lowest BCUT2D eigenvalue weighted by molar-refractivity contribution is 0.909. The van der Waals surface area contributed by atoms with Gasteiger partial charge in [-0.2, -0.15) is 0 Å². The van der Waals surface area contributed by atoms with Gasteiger partial charge in [-0.3, -0.25) is 0 Å². The van der Waals surface area contributed by atoms with Crippen molar-refractivity contribution in [2.45, 2.75) is 13.1 Å². The summed E-state index contributed by atoms with van der Waals surface area (Å²) in [5.74, 6) is 0. The van der Waals surface area contributed by atoms with Gasteiger partial charge in [-0.25, -0.2) is 4.98 Å². The number of hydrogen-bond acceptors (Lipinski definition) is 4. The third kappa shape index (κ3) is 2.59. The molecule has 0 saturated carbocycles. The van der Waals surface area contributed by atoms with Gasteiger partial charge < -0.3 is 10.6 Å². The molecule has 2 aromatic rings. The van der Waals surface area contributed by atoms with E-state index in [0.717, 1.165) is 11.7 Å². The lowest BCUT2D eigenvalue weighted by Gasteiger charge is -2.16. The smallest absolute Gasteiger partial charge is 0.185 e. The molecule has 0 amide bonds. The van der Waals surface area contributed by atoms with Gasteiger partial charge in [-0.1, -0.05) is 24.3 Å². The minimum absolute atomic E-state index is 0.592. The summed E-state index contributed by atoms with van der Waals surface area (Å²) in [6, 6.07) is 8.35. The van der Waals surface area contributed by atoms with Crippen LogP contribution in [0.15, 0.2) is 35.8 Å². The van der Waals surface area contributed by atoms with Gasteiger partial charge in [0.1, 0.15) is 0 Å². The Morgan fingerprint density at radius 2 is 2.19 bits per heavy atom. The number of thiazole rings is 1. The summed E-state index contributed by atoms with van der Waals surface area (Å²) in [5, 5.41) is 3.03. The fourth-order valence-electron chi connectivity index (χ4n) is 1.60. The van der Waals surface area contributed by atoms with Crippen molar-refractivity contribution in [3.8, 4) is 0 Å². The average Bonchev–Trinajstić information content (AvgIpc) is 2.83. The zero-order chi connectivity index (χ0) is 11.4. The number of nitrogens with zero attached hydrogens (tertiary/aromatic N) is 2. The molecule has 1 aromatic carbocycles. The van der Waals surface area contributed by atoms with E-state index in [2.05, 4.69) is 22.0 Å². The molecule has 84 valence electrons. The van der Waals surface area contributed by atoms with Crippen LogP contribution in [0.1, 0.15) is 11.1 Å². The first kappa shape index (κ1) is 11.1. The minimum Gasteiger partial charge on any atom is -0.347 e. The summed E-state index contributed by atoms with van der Waals surface area (Å²) in [7, 11) is 2.05. The van der Waals surface area contributed by atoms with Crippen LogP contribution in [0.3, 0.4) is 0 Å². The Kier molecular flexibility index (Phi) is 3.54. The molecule has 0 radical (unpaired) electrons. The van der Waals surface area contributed by atoms with E-state index < -0.39 is 0 Å². The summed E-state index contributed by atoms with van der Waals surface area (Å²) < 4.78 is 0. The van der Waals surface area contributed by atoms with Crippen LogP contribution in [0.5, 0.6) is 0 Å². The van der Waals surface area contributed by atoms with Crippen LogP contribution in [-0.2, 0) is 13.1 Å². The maximum atomic E-state index is 5.62. The van der Waals surface area contributed by atoms with E-state index in [9.17, 15) is 0 Å². The van der Waals surface area contributed by atoms with Crippen molar-refractivity contribution >= 4 is 16.5 Å². The number of aromatic nitrogens is 1. The van der Waals surface area contributed by atoms with Gasteiger partial charge in [-0.05, 0) is 11.1 Å². The monoisotopic (exact) mass is 233 g/mol. The van der Waals surface area contributed by atoms with Crippen molar-refractivity contribution in [2.24, 2.45) is 5.73 Å². The summed E-state index contributed by atoms with van der Waals surface area (Å²) in [5.41, 5.74) is 8.06. The third-order valence-electron chi connectivity index (χ3n) is 2.39. The molecule has 0 aliphatic rings. The second-order valence-electron chi connectivity index (χ2n) is 3.69. The number of nitrogens with two attached hydrogens (primary N) is 1. The Balaban J connectivity index is 2.08. The second-order valence-corrected chi connectivity index (χ2v) is 4.57. The molecule has 0 unspecified atom stereocenters. The number of rotatable bonds is 4. The fraction of sp³-hybridized carbons (Fsp3) is 0.250. The van der Waals surface area contributed by atoms with Crippen LogP contribution in [-0.4, -0.2) is 12.0 Å². The number of anilines is 1. The van der Waals surface area contributed by atoms with Crippen LogP contribution in [0.25, 0.3) is 0 Å². The van der Waals surface area contributed by atoms with Crippen LogP contribution in [0, 0.1) is 0 Å². The van der Waals surface area contributed by atoms with E-state index in [0.29, 0.717) is 6.54 Å². The highest BCUT2D eigenvalue weighted by atomic mass is 32.1. The highest BCUT2D eigenvalue weighted by Gasteiger charge is 2.04. The lowest BCUT2D eigenvalue weighted by Crippen LogP contribution is -2.16. The quantitative estimate of drug-likeness (QED) is 0.880. The summed E-state index contributed by atoms with van der Waals surface area (Å²) in [4.78, 5) is 6.41. The number of hydrogen-bond donors (Lipinski definition) is 1. The van der Waals surface area contributed by atoms with E-state index >= 15 is 0 Å². The molecule has 0 atom stereocenters. The van der Waals surface area contributed by atoms with Gasteiger partial charge in [0.25, 0.3) is 0 Å². The molecule has 0 saturated heterocycles. The van der Waals surface area contributed by atoms with Crippen LogP contribution in [0.2, 0.25) is 0 Å². The molecule has 1 aromatic heterocycles. The van der Waals surface area contributed by atoms with E-state index in [1.807, 2.05) is 30.8 Å². The standard InChI is InChI=1S/C12H15N3S/c1-15(12-14-5-6-16-12)9-11-4-2-3-10(7-11)8-13/h2-7H,8-9,13H2,1H3. The molecule has 1 heterocycles. The van der Waals surface area contributed by atoms with E-state index in [-0.39, 0.29) is 0 Å². The zero-order valence-electron chi connectivity index (χ0n) is 9.26. The largest absolute Gasteiger partial charge is 0.347 e.